The normalized spacial score (nSPS) is 10.3. The van der Waals surface area contributed by atoms with Crippen LogP contribution in [-0.4, -0.2) is 31.7 Å². The summed E-state index contributed by atoms with van der Waals surface area (Å²) in [7, 11) is 0. The molecule has 3 rings (SSSR count). The maximum Gasteiger partial charge on any atom is 0.337 e. The molecule has 7 heteroatoms. The minimum atomic E-state index is -1.10. The van der Waals surface area contributed by atoms with Gasteiger partial charge in [-0.05, 0) is 30.3 Å². The molecule has 0 radical (unpaired) electrons. The van der Waals surface area contributed by atoms with Crippen LogP contribution in [0.15, 0.2) is 61.1 Å². The lowest BCUT2D eigenvalue weighted by atomic mass is 10.1. The van der Waals surface area contributed by atoms with Gasteiger partial charge in [-0.25, -0.2) is 14.5 Å². The number of aromatic nitrogens is 3. The minimum absolute atomic E-state index is 0.0298. The SMILES string of the molecule is O=C(Nc1ccccc1C(=O)O)c1ccnc(-n2cccn2)c1. The van der Waals surface area contributed by atoms with Crippen LogP contribution in [0.2, 0.25) is 0 Å². The topological polar surface area (TPSA) is 97.1 Å². The van der Waals surface area contributed by atoms with Crippen LogP contribution in [0.4, 0.5) is 5.69 Å². The molecule has 0 saturated carbocycles. The molecule has 0 fully saturated rings. The number of benzene rings is 1. The second-order valence-corrected chi connectivity index (χ2v) is 4.66. The second-order valence-electron chi connectivity index (χ2n) is 4.66. The number of rotatable bonds is 4. The Hall–Kier alpha value is -3.48. The van der Waals surface area contributed by atoms with E-state index in [2.05, 4.69) is 15.4 Å². The van der Waals surface area contributed by atoms with Crippen LogP contribution in [-0.2, 0) is 0 Å². The van der Waals surface area contributed by atoms with E-state index in [4.69, 9.17) is 5.11 Å². The second kappa shape index (κ2) is 6.10. The van der Waals surface area contributed by atoms with E-state index < -0.39 is 11.9 Å². The largest absolute Gasteiger partial charge is 0.478 e. The summed E-state index contributed by atoms with van der Waals surface area (Å²) in [5.41, 5.74) is 0.621. The molecule has 0 unspecified atom stereocenters. The van der Waals surface area contributed by atoms with Crippen LogP contribution in [0, 0.1) is 0 Å². The highest BCUT2D eigenvalue weighted by atomic mass is 16.4. The smallest absolute Gasteiger partial charge is 0.337 e. The third-order valence-electron chi connectivity index (χ3n) is 3.15. The molecule has 3 aromatic rings. The van der Waals surface area contributed by atoms with E-state index in [1.807, 2.05) is 0 Å². The van der Waals surface area contributed by atoms with Gasteiger partial charge in [-0.15, -0.1) is 0 Å². The minimum Gasteiger partial charge on any atom is -0.478 e. The van der Waals surface area contributed by atoms with Crippen molar-refractivity contribution < 1.29 is 14.7 Å². The molecule has 0 aliphatic carbocycles. The van der Waals surface area contributed by atoms with Crippen molar-refractivity contribution in [3.05, 3.63) is 72.2 Å². The monoisotopic (exact) mass is 308 g/mol. The molecular weight excluding hydrogens is 296 g/mol. The molecule has 1 aromatic carbocycles. The molecule has 114 valence electrons. The van der Waals surface area contributed by atoms with Crippen molar-refractivity contribution in [2.24, 2.45) is 0 Å². The first kappa shape index (κ1) is 14.5. The lowest BCUT2D eigenvalue weighted by Gasteiger charge is -2.09. The van der Waals surface area contributed by atoms with Gasteiger partial charge >= 0.3 is 5.97 Å². The van der Waals surface area contributed by atoms with E-state index in [1.54, 1.807) is 42.7 Å². The van der Waals surface area contributed by atoms with Crippen molar-refractivity contribution >= 4 is 17.6 Å². The van der Waals surface area contributed by atoms with Gasteiger partial charge in [0.15, 0.2) is 5.82 Å². The zero-order valence-corrected chi connectivity index (χ0v) is 11.9. The zero-order chi connectivity index (χ0) is 16.2. The number of carbonyl (C=O) groups excluding carboxylic acids is 1. The Morgan fingerprint density at radius 2 is 1.91 bits per heavy atom. The number of para-hydroxylation sites is 1. The van der Waals surface area contributed by atoms with Gasteiger partial charge in [-0.3, -0.25) is 4.79 Å². The molecule has 0 aliphatic rings. The van der Waals surface area contributed by atoms with Gasteiger partial charge in [0, 0.05) is 24.2 Å². The quantitative estimate of drug-likeness (QED) is 0.770. The molecule has 0 spiro atoms. The van der Waals surface area contributed by atoms with Crippen molar-refractivity contribution in [2.75, 3.05) is 5.32 Å². The molecule has 2 heterocycles. The van der Waals surface area contributed by atoms with Gasteiger partial charge in [0.25, 0.3) is 5.91 Å². The summed E-state index contributed by atoms with van der Waals surface area (Å²) in [5.74, 6) is -1.03. The van der Waals surface area contributed by atoms with Crippen LogP contribution in [0.25, 0.3) is 5.82 Å². The lowest BCUT2D eigenvalue weighted by Crippen LogP contribution is -2.15. The Kier molecular flexibility index (Phi) is 3.84. The van der Waals surface area contributed by atoms with Crippen molar-refractivity contribution in [1.29, 1.82) is 0 Å². The molecule has 23 heavy (non-hydrogen) atoms. The summed E-state index contributed by atoms with van der Waals surface area (Å²) in [5, 5.41) is 15.8. The van der Waals surface area contributed by atoms with Crippen molar-refractivity contribution in [1.82, 2.24) is 14.8 Å². The first-order valence-electron chi connectivity index (χ1n) is 6.75. The fourth-order valence-electron chi connectivity index (χ4n) is 2.06. The Balaban J connectivity index is 1.87. The maximum atomic E-state index is 12.3. The highest BCUT2D eigenvalue weighted by molar-refractivity contribution is 6.07. The number of hydrogen-bond donors (Lipinski definition) is 2. The summed E-state index contributed by atoms with van der Waals surface area (Å²) in [4.78, 5) is 27.7. The van der Waals surface area contributed by atoms with Gasteiger partial charge in [0.05, 0.1) is 11.3 Å². The third-order valence-corrected chi connectivity index (χ3v) is 3.15. The predicted octanol–water partition coefficient (Wildman–Crippen LogP) is 2.22. The van der Waals surface area contributed by atoms with Crippen LogP contribution >= 0.6 is 0 Å². The van der Waals surface area contributed by atoms with Gasteiger partial charge < -0.3 is 10.4 Å². The standard InChI is InChI=1S/C16H12N4O3/c21-15(19-13-5-2-1-4-12(13)16(22)23)11-6-8-17-14(10-11)20-9-3-7-18-20/h1-10H,(H,19,21)(H,22,23). The summed E-state index contributed by atoms with van der Waals surface area (Å²) < 4.78 is 1.53. The van der Waals surface area contributed by atoms with Gasteiger partial charge in [0.1, 0.15) is 0 Å². The number of nitrogens with zero attached hydrogens (tertiary/aromatic N) is 3. The van der Waals surface area contributed by atoms with E-state index in [-0.39, 0.29) is 11.3 Å². The number of pyridine rings is 1. The predicted molar refractivity (Wildman–Crippen MR) is 82.7 cm³/mol. The number of carboxylic acid groups (broad SMARTS) is 1. The van der Waals surface area contributed by atoms with E-state index >= 15 is 0 Å². The average Bonchev–Trinajstić information content (AvgIpc) is 3.10. The average molecular weight is 308 g/mol. The number of anilines is 1. The molecule has 0 aliphatic heterocycles. The zero-order valence-electron chi connectivity index (χ0n) is 11.9. The highest BCUT2D eigenvalue weighted by Crippen LogP contribution is 2.16. The summed E-state index contributed by atoms with van der Waals surface area (Å²) in [6, 6.07) is 11.1. The fourth-order valence-corrected chi connectivity index (χ4v) is 2.06. The number of nitrogens with one attached hydrogen (secondary N) is 1. The van der Waals surface area contributed by atoms with Crippen molar-refractivity contribution in [2.45, 2.75) is 0 Å². The Morgan fingerprint density at radius 3 is 2.65 bits per heavy atom. The van der Waals surface area contributed by atoms with E-state index in [0.717, 1.165) is 0 Å². The highest BCUT2D eigenvalue weighted by Gasteiger charge is 2.13. The first-order chi connectivity index (χ1) is 11.1. The molecule has 0 atom stereocenters. The van der Waals surface area contributed by atoms with Crippen LogP contribution in [0.5, 0.6) is 0 Å². The number of amides is 1. The van der Waals surface area contributed by atoms with E-state index in [9.17, 15) is 9.59 Å². The molecule has 7 nitrogen and oxygen atoms in total. The van der Waals surface area contributed by atoms with Gasteiger partial charge in [0.2, 0.25) is 0 Å². The molecule has 2 N–H and O–H groups in total. The maximum absolute atomic E-state index is 12.3. The van der Waals surface area contributed by atoms with E-state index in [0.29, 0.717) is 11.4 Å². The third kappa shape index (κ3) is 3.08. The molecule has 0 saturated heterocycles. The van der Waals surface area contributed by atoms with Gasteiger partial charge in [-0.2, -0.15) is 5.10 Å². The summed E-state index contributed by atoms with van der Waals surface area (Å²) >= 11 is 0. The number of carbonyl (C=O) groups is 2. The fraction of sp³-hybridized carbons (Fsp3) is 0. The Labute approximate surface area is 131 Å². The number of aromatic carboxylic acids is 1. The molecule has 0 bridgehead atoms. The Morgan fingerprint density at radius 1 is 1.09 bits per heavy atom. The van der Waals surface area contributed by atoms with Crippen molar-refractivity contribution in [3.8, 4) is 5.82 Å². The number of carboxylic acids is 1. The lowest BCUT2D eigenvalue weighted by molar-refractivity contribution is 0.0698. The summed E-state index contributed by atoms with van der Waals surface area (Å²) in [6.07, 6.45) is 4.82. The molecule has 1 amide bonds. The van der Waals surface area contributed by atoms with Crippen LogP contribution in [0.1, 0.15) is 20.7 Å². The van der Waals surface area contributed by atoms with Crippen LogP contribution < -0.4 is 5.32 Å². The summed E-state index contributed by atoms with van der Waals surface area (Å²) in [6.45, 7) is 0. The van der Waals surface area contributed by atoms with E-state index in [1.165, 1.54) is 23.0 Å². The molecular formula is C16H12N4O3. The van der Waals surface area contributed by atoms with Crippen LogP contribution in [0.3, 0.4) is 0 Å². The number of hydrogen-bond acceptors (Lipinski definition) is 4. The molecule has 2 aromatic heterocycles. The first-order valence-corrected chi connectivity index (χ1v) is 6.75. The van der Waals surface area contributed by atoms with Crippen molar-refractivity contribution in [3.63, 3.8) is 0 Å². The Bertz CT molecular complexity index is 859. The van der Waals surface area contributed by atoms with Gasteiger partial charge in [-0.1, -0.05) is 12.1 Å².